The third-order valence-corrected chi connectivity index (χ3v) is 2.29. The Morgan fingerprint density at radius 3 is 2.81 bits per heavy atom. The van der Waals surface area contributed by atoms with E-state index in [0.717, 1.165) is 5.56 Å². The van der Waals surface area contributed by atoms with Gasteiger partial charge in [-0.05, 0) is 5.56 Å². The van der Waals surface area contributed by atoms with Crippen molar-refractivity contribution < 1.29 is 19.0 Å². The van der Waals surface area contributed by atoms with E-state index >= 15 is 0 Å². The molecule has 1 aromatic carbocycles. The summed E-state index contributed by atoms with van der Waals surface area (Å²) in [6.07, 6.45) is 1.65. The van der Waals surface area contributed by atoms with Crippen LogP contribution < -0.4 is 0 Å². The fourth-order valence-electron chi connectivity index (χ4n) is 1.53. The topological polar surface area (TPSA) is 44.8 Å². The minimum Gasteiger partial charge on any atom is -0.461 e. The molecule has 0 bridgehead atoms. The summed E-state index contributed by atoms with van der Waals surface area (Å²) in [5.74, 6) is 0.552. The summed E-state index contributed by atoms with van der Waals surface area (Å²) >= 11 is 0. The van der Waals surface area contributed by atoms with Gasteiger partial charge in [0.25, 0.3) is 6.47 Å². The van der Waals surface area contributed by atoms with Crippen molar-refractivity contribution >= 4 is 6.47 Å². The summed E-state index contributed by atoms with van der Waals surface area (Å²) in [4.78, 5) is 10.4. The number of carbonyl (C=O) groups excluding carboxylic acids is 1. The molecule has 1 unspecified atom stereocenters. The fourth-order valence-corrected chi connectivity index (χ4v) is 1.53. The summed E-state index contributed by atoms with van der Waals surface area (Å²) < 4.78 is 15.1. The lowest BCUT2D eigenvalue weighted by Gasteiger charge is -2.14. The van der Waals surface area contributed by atoms with Gasteiger partial charge in [-0.1, -0.05) is 30.3 Å². The molecular formula is C12H12O4. The third kappa shape index (κ3) is 2.53. The molecule has 4 heteroatoms. The average molecular weight is 220 g/mol. The van der Waals surface area contributed by atoms with Crippen LogP contribution in [0.5, 0.6) is 0 Å². The summed E-state index contributed by atoms with van der Waals surface area (Å²) in [5, 5.41) is 0. The van der Waals surface area contributed by atoms with E-state index in [0.29, 0.717) is 18.7 Å². The highest BCUT2D eigenvalue weighted by molar-refractivity contribution is 5.38. The summed E-state index contributed by atoms with van der Waals surface area (Å²) in [6, 6.07) is 9.75. The first kappa shape index (κ1) is 10.5. The summed E-state index contributed by atoms with van der Waals surface area (Å²) in [7, 11) is 0. The van der Waals surface area contributed by atoms with Gasteiger partial charge in [0, 0.05) is 6.42 Å². The maximum atomic E-state index is 10.4. The Bertz CT molecular complexity index is 372. The zero-order valence-corrected chi connectivity index (χ0v) is 8.67. The average Bonchev–Trinajstić information content (AvgIpc) is 2.83. The van der Waals surface area contributed by atoms with E-state index in [4.69, 9.17) is 14.2 Å². The molecule has 4 nitrogen and oxygen atoms in total. The van der Waals surface area contributed by atoms with Crippen molar-refractivity contribution in [2.75, 3.05) is 6.79 Å². The molecule has 0 N–H and O–H groups in total. The second kappa shape index (κ2) is 5.21. The van der Waals surface area contributed by atoms with Gasteiger partial charge in [-0.15, -0.1) is 0 Å². The van der Waals surface area contributed by atoms with Crippen molar-refractivity contribution in [2.24, 2.45) is 0 Å². The molecule has 0 amide bonds. The highest BCUT2D eigenvalue weighted by Gasteiger charge is 2.21. The van der Waals surface area contributed by atoms with Crippen molar-refractivity contribution in [1.82, 2.24) is 0 Å². The van der Waals surface area contributed by atoms with Gasteiger partial charge in [0.1, 0.15) is 6.26 Å². The van der Waals surface area contributed by atoms with Gasteiger partial charge in [-0.3, -0.25) is 4.79 Å². The fraction of sp³-hybridized carbons (Fsp3) is 0.250. The number of rotatable bonds is 5. The monoisotopic (exact) mass is 220 g/mol. The quantitative estimate of drug-likeness (QED) is 0.707. The van der Waals surface area contributed by atoms with E-state index in [1.54, 1.807) is 0 Å². The Morgan fingerprint density at radius 1 is 1.38 bits per heavy atom. The summed E-state index contributed by atoms with van der Waals surface area (Å²) in [6.45, 7) is 0.610. The minimum absolute atomic E-state index is 0.183. The predicted molar refractivity (Wildman–Crippen MR) is 56.2 cm³/mol. The third-order valence-electron chi connectivity index (χ3n) is 2.29. The molecule has 0 aliphatic carbocycles. The lowest BCUT2D eigenvalue weighted by atomic mass is 10.1. The molecule has 1 aromatic rings. The van der Waals surface area contributed by atoms with E-state index < -0.39 is 6.10 Å². The molecule has 0 radical (unpaired) electrons. The number of hydrogen-bond donors (Lipinski definition) is 0. The van der Waals surface area contributed by atoms with Gasteiger partial charge in [0.2, 0.25) is 6.79 Å². The Kier molecular flexibility index (Phi) is 3.43. The zero-order chi connectivity index (χ0) is 11.2. The van der Waals surface area contributed by atoms with Crippen molar-refractivity contribution in [2.45, 2.75) is 12.5 Å². The predicted octanol–water partition coefficient (Wildman–Crippen LogP) is 1.62. The molecule has 2 rings (SSSR count). The SMILES string of the molecule is O=COC(Cc1ccccc1)C1=COCO1. The normalized spacial score (nSPS) is 15.6. The van der Waals surface area contributed by atoms with Crippen LogP contribution >= 0.6 is 0 Å². The van der Waals surface area contributed by atoms with Crippen LogP contribution in [0.3, 0.4) is 0 Å². The largest absolute Gasteiger partial charge is 0.461 e. The highest BCUT2D eigenvalue weighted by atomic mass is 16.7. The number of hydrogen-bond acceptors (Lipinski definition) is 4. The van der Waals surface area contributed by atoms with Crippen LogP contribution in [0.4, 0.5) is 0 Å². The number of ether oxygens (including phenoxy) is 3. The minimum atomic E-state index is -0.414. The van der Waals surface area contributed by atoms with Gasteiger partial charge in [-0.2, -0.15) is 0 Å². The molecule has 84 valence electrons. The molecule has 1 atom stereocenters. The van der Waals surface area contributed by atoms with Crippen LogP contribution in [0.2, 0.25) is 0 Å². The van der Waals surface area contributed by atoms with Crippen LogP contribution in [0, 0.1) is 0 Å². The van der Waals surface area contributed by atoms with Crippen molar-refractivity contribution in [1.29, 1.82) is 0 Å². The van der Waals surface area contributed by atoms with Crippen molar-refractivity contribution in [3.05, 3.63) is 47.9 Å². The van der Waals surface area contributed by atoms with E-state index in [-0.39, 0.29) is 6.79 Å². The smallest absolute Gasteiger partial charge is 0.293 e. The molecule has 0 aromatic heterocycles. The van der Waals surface area contributed by atoms with E-state index in [2.05, 4.69) is 0 Å². The second-order valence-corrected chi connectivity index (χ2v) is 3.36. The Hall–Kier alpha value is -1.97. The Morgan fingerprint density at radius 2 is 2.19 bits per heavy atom. The van der Waals surface area contributed by atoms with Crippen molar-refractivity contribution in [3.63, 3.8) is 0 Å². The van der Waals surface area contributed by atoms with Crippen LogP contribution in [0.15, 0.2) is 42.4 Å². The van der Waals surface area contributed by atoms with Crippen LogP contribution in [0.1, 0.15) is 5.56 Å². The van der Waals surface area contributed by atoms with Crippen LogP contribution in [0.25, 0.3) is 0 Å². The highest BCUT2D eigenvalue weighted by Crippen LogP contribution is 2.18. The molecule has 1 aliphatic rings. The Balaban J connectivity index is 2.05. The molecule has 0 saturated heterocycles. The molecule has 0 spiro atoms. The molecule has 0 saturated carbocycles. The lowest BCUT2D eigenvalue weighted by Crippen LogP contribution is -2.18. The van der Waals surface area contributed by atoms with Gasteiger partial charge in [-0.25, -0.2) is 0 Å². The van der Waals surface area contributed by atoms with Gasteiger partial charge >= 0.3 is 0 Å². The maximum Gasteiger partial charge on any atom is 0.293 e. The number of carbonyl (C=O) groups is 1. The standard InChI is InChI=1S/C12H12O4/c13-8-15-11(12-7-14-9-16-12)6-10-4-2-1-3-5-10/h1-5,7-8,11H,6,9H2. The summed E-state index contributed by atoms with van der Waals surface area (Å²) in [5.41, 5.74) is 1.07. The van der Waals surface area contributed by atoms with Crippen LogP contribution in [-0.2, 0) is 25.4 Å². The van der Waals surface area contributed by atoms with Gasteiger partial charge in [0.05, 0.1) is 0 Å². The molecule has 16 heavy (non-hydrogen) atoms. The second-order valence-electron chi connectivity index (χ2n) is 3.36. The molecule has 1 aliphatic heterocycles. The van der Waals surface area contributed by atoms with E-state index in [9.17, 15) is 4.79 Å². The number of benzene rings is 1. The van der Waals surface area contributed by atoms with Gasteiger partial charge < -0.3 is 14.2 Å². The molecule has 0 fully saturated rings. The van der Waals surface area contributed by atoms with Gasteiger partial charge in [0.15, 0.2) is 11.9 Å². The first-order valence-corrected chi connectivity index (χ1v) is 4.97. The van der Waals surface area contributed by atoms with Crippen LogP contribution in [-0.4, -0.2) is 19.4 Å². The first-order chi connectivity index (χ1) is 7.90. The van der Waals surface area contributed by atoms with E-state index in [1.165, 1.54) is 6.26 Å². The maximum absolute atomic E-state index is 10.4. The lowest BCUT2D eigenvalue weighted by molar-refractivity contribution is -0.133. The first-order valence-electron chi connectivity index (χ1n) is 4.97. The van der Waals surface area contributed by atoms with E-state index in [1.807, 2.05) is 30.3 Å². The van der Waals surface area contributed by atoms with Crippen molar-refractivity contribution in [3.8, 4) is 0 Å². The molecular weight excluding hydrogens is 208 g/mol. The zero-order valence-electron chi connectivity index (χ0n) is 8.67. The molecule has 1 heterocycles. The Labute approximate surface area is 93.4 Å².